The summed E-state index contributed by atoms with van der Waals surface area (Å²) in [6.45, 7) is 1.97. The molecule has 0 bridgehead atoms. The van der Waals surface area contributed by atoms with E-state index in [1.54, 1.807) is 10.9 Å². The van der Waals surface area contributed by atoms with Gasteiger partial charge in [-0.1, -0.05) is 29.8 Å². The molecule has 0 saturated carbocycles. The minimum absolute atomic E-state index is 0.230. The molecule has 2 aromatic rings. The van der Waals surface area contributed by atoms with Crippen LogP contribution in [0, 0.1) is 6.92 Å². The van der Waals surface area contributed by atoms with Crippen molar-refractivity contribution in [1.82, 2.24) is 9.55 Å². The van der Waals surface area contributed by atoms with Crippen LogP contribution < -0.4 is 0 Å². The Morgan fingerprint density at radius 1 is 1.40 bits per heavy atom. The van der Waals surface area contributed by atoms with Crippen molar-refractivity contribution < 1.29 is 4.79 Å². The lowest BCUT2D eigenvalue weighted by atomic mass is 10.2. The van der Waals surface area contributed by atoms with Crippen LogP contribution >= 0.6 is 11.6 Å². The van der Waals surface area contributed by atoms with Crippen molar-refractivity contribution in [2.45, 2.75) is 6.92 Å². The number of aryl methyl sites for hydroxylation is 1. The first-order valence-electron chi connectivity index (χ1n) is 4.48. The molecule has 0 amide bonds. The molecule has 0 saturated heterocycles. The zero-order chi connectivity index (χ0) is 10.8. The third-order valence-electron chi connectivity index (χ3n) is 2.24. The fourth-order valence-electron chi connectivity index (χ4n) is 1.47. The summed E-state index contributed by atoms with van der Waals surface area (Å²) in [7, 11) is 0. The van der Waals surface area contributed by atoms with Crippen LogP contribution in [0.3, 0.4) is 0 Å². The molecule has 15 heavy (non-hydrogen) atoms. The lowest BCUT2D eigenvalue weighted by Crippen LogP contribution is -1.99. The molecule has 0 radical (unpaired) electrons. The SMILES string of the molecule is Cc1ccccc1-n1cnc(Cl)c1C=O. The fourth-order valence-corrected chi connectivity index (χ4v) is 1.65. The van der Waals surface area contributed by atoms with Gasteiger partial charge in [0.25, 0.3) is 0 Å². The second-order valence-corrected chi connectivity index (χ2v) is 3.55. The lowest BCUT2D eigenvalue weighted by molar-refractivity contribution is 0.111. The largest absolute Gasteiger partial charge is 0.296 e. The highest BCUT2D eigenvalue weighted by Crippen LogP contribution is 2.19. The van der Waals surface area contributed by atoms with Crippen LogP contribution in [0.2, 0.25) is 5.15 Å². The average molecular weight is 221 g/mol. The number of nitrogens with zero attached hydrogens (tertiary/aromatic N) is 2. The van der Waals surface area contributed by atoms with Gasteiger partial charge in [0.1, 0.15) is 12.0 Å². The number of carbonyl (C=O) groups excluding carboxylic acids is 1. The first kappa shape index (κ1) is 9.93. The molecule has 0 aliphatic heterocycles. The molecular weight excluding hydrogens is 212 g/mol. The topological polar surface area (TPSA) is 34.9 Å². The van der Waals surface area contributed by atoms with Crippen molar-refractivity contribution in [2.24, 2.45) is 0 Å². The molecule has 0 unspecified atom stereocenters. The number of benzene rings is 1. The van der Waals surface area contributed by atoms with Crippen LogP contribution in [-0.2, 0) is 0 Å². The average Bonchev–Trinajstić information content (AvgIpc) is 2.60. The Hall–Kier alpha value is -1.61. The highest BCUT2D eigenvalue weighted by Gasteiger charge is 2.10. The van der Waals surface area contributed by atoms with Gasteiger partial charge in [-0.05, 0) is 18.6 Å². The van der Waals surface area contributed by atoms with E-state index in [1.807, 2.05) is 31.2 Å². The molecule has 3 nitrogen and oxygen atoms in total. The predicted molar refractivity (Wildman–Crippen MR) is 58.7 cm³/mol. The van der Waals surface area contributed by atoms with E-state index in [4.69, 9.17) is 11.6 Å². The Morgan fingerprint density at radius 3 is 2.80 bits per heavy atom. The molecule has 4 heteroatoms. The van der Waals surface area contributed by atoms with E-state index in [0.717, 1.165) is 11.3 Å². The van der Waals surface area contributed by atoms with Crippen molar-refractivity contribution in [3.8, 4) is 5.69 Å². The van der Waals surface area contributed by atoms with Crippen LogP contribution in [0.5, 0.6) is 0 Å². The summed E-state index contributed by atoms with van der Waals surface area (Å²) in [5.74, 6) is 0. The minimum atomic E-state index is 0.230. The molecule has 1 aromatic heterocycles. The molecule has 0 aliphatic rings. The summed E-state index contributed by atoms with van der Waals surface area (Å²) in [6, 6.07) is 7.74. The van der Waals surface area contributed by atoms with E-state index in [-0.39, 0.29) is 5.15 Å². The second-order valence-electron chi connectivity index (χ2n) is 3.19. The van der Waals surface area contributed by atoms with Crippen LogP contribution in [0.4, 0.5) is 0 Å². The van der Waals surface area contributed by atoms with E-state index in [1.165, 1.54) is 0 Å². The minimum Gasteiger partial charge on any atom is -0.296 e. The molecule has 0 spiro atoms. The number of aromatic nitrogens is 2. The number of carbonyl (C=O) groups is 1. The summed E-state index contributed by atoms with van der Waals surface area (Å²) in [4.78, 5) is 14.8. The Labute approximate surface area is 92.3 Å². The molecule has 0 N–H and O–H groups in total. The van der Waals surface area contributed by atoms with E-state index < -0.39 is 0 Å². The van der Waals surface area contributed by atoms with Crippen LogP contribution in [0.15, 0.2) is 30.6 Å². The highest BCUT2D eigenvalue weighted by molar-refractivity contribution is 6.31. The molecule has 0 fully saturated rings. The highest BCUT2D eigenvalue weighted by atomic mass is 35.5. The van der Waals surface area contributed by atoms with E-state index >= 15 is 0 Å². The number of aldehydes is 1. The van der Waals surface area contributed by atoms with Crippen LogP contribution in [0.25, 0.3) is 5.69 Å². The number of para-hydroxylation sites is 1. The van der Waals surface area contributed by atoms with Gasteiger partial charge in [0.2, 0.25) is 0 Å². The first-order chi connectivity index (χ1) is 7.24. The van der Waals surface area contributed by atoms with Gasteiger partial charge in [0, 0.05) is 0 Å². The smallest absolute Gasteiger partial charge is 0.170 e. The van der Waals surface area contributed by atoms with Gasteiger partial charge in [-0.25, -0.2) is 4.98 Å². The first-order valence-corrected chi connectivity index (χ1v) is 4.86. The predicted octanol–water partition coefficient (Wildman–Crippen LogP) is 2.65. The molecule has 2 rings (SSSR count). The lowest BCUT2D eigenvalue weighted by Gasteiger charge is -2.07. The Kier molecular flexibility index (Phi) is 2.56. The molecule has 0 atom stereocenters. The third kappa shape index (κ3) is 1.66. The third-order valence-corrected chi connectivity index (χ3v) is 2.54. The number of rotatable bonds is 2. The van der Waals surface area contributed by atoms with Crippen molar-refractivity contribution in [2.75, 3.05) is 0 Å². The Morgan fingerprint density at radius 2 is 2.13 bits per heavy atom. The summed E-state index contributed by atoms with van der Waals surface area (Å²) in [6.07, 6.45) is 2.26. The van der Waals surface area contributed by atoms with Gasteiger partial charge >= 0.3 is 0 Å². The van der Waals surface area contributed by atoms with Gasteiger partial charge in [0.05, 0.1) is 5.69 Å². The maximum absolute atomic E-state index is 10.8. The number of imidazole rings is 1. The van der Waals surface area contributed by atoms with Gasteiger partial charge in [-0.15, -0.1) is 0 Å². The summed E-state index contributed by atoms with van der Waals surface area (Å²) in [5, 5.41) is 0.230. The molecule has 1 heterocycles. The molecular formula is C11H9ClN2O. The van der Waals surface area contributed by atoms with Crippen molar-refractivity contribution in [3.05, 3.63) is 47.0 Å². The number of hydrogen-bond donors (Lipinski definition) is 0. The summed E-state index contributed by atoms with van der Waals surface area (Å²) in [5.41, 5.74) is 2.36. The number of hydrogen-bond acceptors (Lipinski definition) is 2. The standard InChI is InChI=1S/C11H9ClN2O/c1-8-4-2-3-5-9(8)14-7-13-11(12)10(14)6-15/h2-7H,1H3. The van der Waals surface area contributed by atoms with Crippen molar-refractivity contribution >= 4 is 17.9 Å². The second kappa shape index (κ2) is 3.87. The summed E-state index contributed by atoms with van der Waals surface area (Å²) < 4.78 is 1.69. The van der Waals surface area contributed by atoms with Crippen molar-refractivity contribution in [1.29, 1.82) is 0 Å². The van der Waals surface area contributed by atoms with E-state index in [0.29, 0.717) is 12.0 Å². The van der Waals surface area contributed by atoms with Gasteiger partial charge in [-0.3, -0.25) is 9.36 Å². The quantitative estimate of drug-likeness (QED) is 0.730. The van der Waals surface area contributed by atoms with Gasteiger partial charge < -0.3 is 0 Å². The monoisotopic (exact) mass is 220 g/mol. The normalized spacial score (nSPS) is 10.3. The van der Waals surface area contributed by atoms with E-state index in [9.17, 15) is 4.79 Å². The maximum atomic E-state index is 10.8. The number of halogens is 1. The Balaban J connectivity index is 2.64. The summed E-state index contributed by atoms with van der Waals surface area (Å²) >= 11 is 5.78. The molecule has 0 aliphatic carbocycles. The van der Waals surface area contributed by atoms with E-state index in [2.05, 4.69) is 4.98 Å². The Bertz CT molecular complexity index is 505. The van der Waals surface area contributed by atoms with Crippen molar-refractivity contribution in [3.63, 3.8) is 0 Å². The van der Waals surface area contributed by atoms with Crippen LogP contribution in [-0.4, -0.2) is 15.8 Å². The molecule has 76 valence electrons. The zero-order valence-electron chi connectivity index (χ0n) is 8.14. The fraction of sp³-hybridized carbons (Fsp3) is 0.0909. The molecule has 1 aromatic carbocycles. The maximum Gasteiger partial charge on any atom is 0.170 e. The van der Waals surface area contributed by atoms with Gasteiger partial charge in [0.15, 0.2) is 11.4 Å². The van der Waals surface area contributed by atoms with Gasteiger partial charge in [-0.2, -0.15) is 0 Å². The zero-order valence-corrected chi connectivity index (χ0v) is 8.90. The van der Waals surface area contributed by atoms with Crippen LogP contribution in [0.1, 0.15) is 16.1 Å².